The van der Waals surface area contributed by atoms with Crippen LogP contribution in [0, 0.1) is 0 Å². The van der Waals surface area contributed by atoms with Crippen molar-refractivity contribution in [2.45, 2.75) is 26.8 Å². The molecular weight excluding hydrogens is 233 g/mol. The highest BCUT2D eigenvalue weighted by Crippen LogP contribution is 2.28. The molecule has 0 aliphatic heterocycles. The summed E-state index contributed by atoms with van der Waals surface area (Å²) in [5.74, 6) is 0. The van der Waals surface area contributed by atoms with E-state index in [-0.39, 0.29) is 13.5 Å². The van der Waals surface area contributed by atoms with Gasteiger partial charge in [0.15, 0.2) is 0 Å². The largest absolute Gasteiger partial charge is 0.0859 e. The van der Waals surface area contributed by atoms with Crippen LogP contribution in [0.15, 0.2) is 23.3 Å². The van der Waals surface area contributed by atoms with Crippen molar-refractivity contribution in [3.05, 3.63) is 44.3 Å². The molecule has 0 fully saturated rings. The Hall–Kier alpha value is -0.890. The van der Waals surface area contributed by atoms with Crippen molar-refractivity contribution in [2.24, 2.45) is 5.11 Å². The van der Waals surface area contributed by atoms with Gasteiger partial charge in [-0.15, -0.1) is 0 Å². The monoisotopic (exact) mass is 245 g/mol. The summed E-state index contributed by atoms with van der Waals surface area (Å²) in [4.78, 5) is 2.78. The Bertz CT molecular complexity index is 373. The zero-order valence-electron chi connectivity index (χ0n) is 7.61. The SMILES string of the molecule is C.CC[C@@H](N=[N+]=[N-])c1ccc(Cl)c(Cl)c1. The molecule has 1 atom stereocenters. The molecule has 0 unspecified atom stereocenters. The summed E-state index contributed by atoms with van der Waals surface area (Å²) in [5.41, 5.74) is 9.24. The molecule has 0 saturated carbocycles. The van der Waals surface area contributed by atoms with Crippen LogP contribution in [-0.4, -0.2) is 0 Å². The zero-order valence-corrected chi connectivity index (χ0v) is 9.13. The normalized spacial score (nSPS) is 11.1. The second-order valence-corrected chi connectivity index (χ2v) is 3.62. The maximum atomic E-state index is 8.35. The summed E-state index contributed by atoms with van der Waals surface area (Å²) < 4.78 is 0. The molecule has 5 heteroatoms. The van der Waals surface area contributed by atoms with E-state index in [0.717, 1.165) is 12.0 Å². The highest BCUT2D eigenvalue weighted by molar-refractivity contribution is 6.42. The third kappa shape index (κ3) is 3.63. The van der Waals surface area contributed by atoms with Gasteiger partial charge in [-0.2, -0.15) is 0 Å². The number of benzene rings is 1. The van der Waals surface area contributed by atoms with Gasteiger partial charge in [0.2, 0.25) is 0 Å². The molecule has 0 heterocycles. The number of hydrogen-bond acceptors (Lipinski definition) is 1. The minimum Gasteiger partial charge on any atom is -0.0859 e. The average Bonchev–Trinajstić information content (AvgIpc) is 2.19. The fraction of sp³-hybridized carbons (Fsp3) is 0.400. The maximum Gasteiger partial charge on any atom is 0.0623 e. The minimum atomic E-state index is -0.172. The lowest BCUT2D eigenvalue weighted by molar-refractivity contribution is 0.693. The molecule has 0 radical (unpaired) electrons. The van der Waals surface area contributed by atoms with Gasteiger partial charge in [0.05, 0.1) is 16.1 Å². The average molecular weight is 246 g/mol. The van der Waals surface area contributed by atoms with E-state index in [1.54, 1.807) is 12.1 Å². The summed E-state index contributed by atoms with van der Waals surface area (Å²) in [6, 6.07) is 5.08. The van der Waals surface area contributed by atoms with Crippen LogP contribution in [-0.2, 0) is 0 Å². The van der Waals surface area contributed by atoms with Crippen LogP contribution in [0.4, 0.5) is 0 Å². The van der Waals surface area contributed by atoms with Gasteiger partial charge in [-0.3, -0.25) is 0 Å². The molecule has 0 aliphatic carbocycles. The van der Waals surface area contributed by atoms with E-state index in [4.69, 9.17) is 28.7 Å². The highest BCUT2D eigenvalue weighted by atomic mass is 35.5. The van der Waals surface area contributed by atoms with Gasteiger partial charge in [-0.1, -0.05) is 48.7 Å². The molecule has 0 spiro atoms. The van der Waals surface area contributed by atoms with E-state index in [1.165, 1.54) is 0 Å². The Morgan fingerprint density at radius 3 is 2.53 bits per heavy atom. The smallest absolute Gasteiger partial charge is 0.0623 e. The molecule has 1 rings (SSSR count). The Morgan fingerprint density at radius 1 is 1.40 bits per heavy atom. The van der Waals surface area contributed by atoms with Crippen molar-refractivity contribution in [3.8, 4) is 0 Å². The van der Waals surface area contributed by atoms with Crippen molar-refractivity contribution in [1.82, 2.24) is 0 Å². The minimum absolute atomic E-state index is 0. The van der Waals surface area contributed by atoms with E-state index in [2.05, 4.69) is 10.0 Å². The molecule has 0 bridgehead atoms. The van der Waals surface area contributed by atoms with Crippen LogP contribution in [0.3, 0.4) is 0 Å². The van der Waals surface area contributed by atoms with Crippen LogP contribution in [0.2, 0.25) is 10.0 Å². The second-order valence-electron chi connectivity index (χ2n) is 2.80. The van der Waals surface area contributed by atoms with Crippen molar-refractivity contribution in [1.29, 1.82) is 0 Å². The maximum absolute atomic E-state index is 8.35. The van der Waals surface area contributed by atoms with Crippen LogP contribution >= 0.6 is 23.2 Å². The number of nitrogens with zero attached hydrogens (tertiary/aromatic N) is 3. The standard InChI is InChI=1S/C9H9Cl2N3.CH4/c1-2-9(13-14-12)6-3-4-7(10)8(11)5-6;/h3-5,9H,2H2,1H3;1H4/t9-;/m1./s1. The van der Waals surface area contributed by atoms with Gasteiger partial charge < -0.3 is 0 Å². The van der Waals surface area contributed by atoms with Crippen LogP contribution < -0.4 is 0 Å². The van der Waals surface area contributed by atoms with E-state index < -0.39 is 0 Å². The van der Waals surface area contributed by atoms with Gasteiger partial charge >= 0.3 is 0 Å². The van der Waals surface area contributed by atoms with Crippen molar-refractivity contribution >= 4 is 23.2 Å². The molecule has 15 heavy (non-hydrogen) atoms. The van der Waals surface area contributed by atoms with E-state index >= 15 is 0 Å². The fourth-order valence-corrected chi connectivity index (χ4v) is 1.47. The first-order chi connectivity index (χ1) is 6.69. The highest BCUT2D eigenvalue weighted by Gasteiger charge is 2.08. The Kier molecular flexibility index (Phi) is 6.18. The summed E-state index contributed by atoms with van der Waals surface area (Å²) in [6.45, 7) is 1.95. The predicted molar refractivity (Wildman–Crippen MR) is 65.4 cm³/mol. The van der Waals surface area contributed by atoms with Gasteiger partial charge in [0.1, 0.15) is 0 Å². The third-order valence-corrected chi connectivity index (χ3v) is 2.65. The van der Waals surface area contributed by atoms with Gasteiger partial charge in [-0.25, -0.2) is 0 Å². The van der Waals surface area contributed by atoms with E-state index in [1.807, 2.05) is 13.0 Å². The zero-order chi connectivity index (χ0) is 10.6. The molecule has 82 valence electrons. The summed E-state index contributed by atoms with van der Waals surface area (Å²) in [5, 5.41) is 4.65. The fourth-order valence-electron chi connectivity index (χ4n) is 1.17. The summed E-state index contributed by atoms with van der Waals surface area (Å²) >= 11 is 11.6. The Morgan fingerprint density at radius 2 is 2.07 bits per heavy atom. The van der Waals surface area contributed by atoms with Crippen LogP contribution in [0.5, 0.6) is 0 Å². The molecule has 1 aromatic carbocycles. The molecule has 0 aromatic heterocycles. The Labute approximate surface area is 99.6 Å². The molecular formula is C10H13Cl2N3. The van der Waals surface area contributed by atoms with Crippen LogP contribution in [0.25, 0.3) is 10.4 Å². The lowest BCUT2D eigenvalue weighted by Gasteiger charge is -2.08. The lowest BCUT2D eigenvalue weighted by Crippen LogP contribution is -1.92. The van der Waals surface area contributed by atoms with E-state index in [0.29, 0.717) is 10.0 Å². The quantitative estimate of drug-likeness (QED) is 0.390. The first kappa shape index (κ1) is 14.1. The molecule has 1 aromatic rings. The summed E-state index contributed by atoms with van der Waals surface area (Å²) in [6.07, 6.45) is 0.738. The number of hydrogen-bond donors (Lipinski definition) is 0. The first-order valence-electron chi connectivity index (χ1n) is 4.18. The van der Waals surface area contributed by atoms with Gasteiger partial charge in [-0.05, 0) is 29.6 Å². The number of rotatable bonds is 3. The molecule has 0 aliphatic rings. The van der Waals surface area contributed by atoms with Gasteiger partial charge in [0, 0.05) is 4.91 Å². The van der Waals surface area contributed by atoms with Gasteiger partial charge in [0.25, 0.3) is 0 Å². The summed E-state index contributed by atoms with van der Waals surface area (Å²) in [7, 11) is 0. The molecule has 0 amide bonds. The third-order valence-electron chi connectivity index (χ3n) is 1.91. The van der Waals surface area contributed by atoms with Crippen LogP contribution in [0.1, 0.15) is 32.4 Å². The topological polar surface area (TPSA) is 48.8 Å². The second kappa shape index (κ2) is 6.57. The predicted octanol–water partition coefficient (Wildman–Crippen LogP) is 5.39. The van der Waals surface area contributed by atoms with Crippen molar-refractivity contribution < 1.29 is 0 Å². The number of azide groups is 1. The first-order valence-corrected chi connectivity index (χ1v) is 4.93. The van der Waals surface area contributed by atoms with E-state index in [9.17, 15) is 0 Å². The molecule has 3 nitrogen and oxygen atoms in total. The number of halogens is 2. The lowest BCUT2D eigenvalue weighted by atomic mass is 10.1. The van der Waals surface area contributed by atoms with Crippen molar-refractivity contribution in [3.63, 3.8) is 0 Å². The van der Waals surface area contributed by atoms with Crippen molar-refractivity contribution in [2.75, 3.05) is 0 Å². The Balaban J connectivity index is 0.00000196. The molecule has 0 N–H and O–H groups in total. The molecule has 0 saturated heterocycles.